The van der Waals surface area contributed by atoms with Crippen LogP contribution in [0, 0.1) is 0 Å². The number of aryl methyl sites for hydroxylation is 1. The first-order valence-corrected chi connectivity index (χ1v) is 8.29. The minimum atomic E-state index is 0.553. The first-order valence-electron chi connectivity index (χ1n) is 7.88. The van der Waals surface area contributed by atoms with Gasteiger partial charge in [0.1, 0.15) is 17.3 Å². The Hall–Kier alpha value is -2.34. The van der Waals surface area contributed by atoms with Gasteiger partial charge in [0.15, 0.2) is 5.11 Å². The second-order valence-corrected chi connectivity index (χ2v) is 5.54. The molecular formula is C18H23N3O2S. The van der Waals surface area contributed by atoms with Crippen LogP contribution in [-0.2, 0) is 12.8 Å². The molecule has 0 bridgehead atoms. The SMILES string of the molecule is CCc1cccnc1NC(=S)NCCc1c(OC)cccc1OC. The molecule has 0 saturated heterocycles. The summed E-state index contributed by atoms with van der Waals surface area (Å²) < 4.78 is 10.8. The van der Waals surface area contributed by atoms with Crippen molar-refractivity contribution in [3.8, 4) is 11.5 Å². The van der Waals surface area contributed by atoms with E-state index in [4.69, 9.17) is 21.7 Å². The second kappa shape index (κ2) is 9.08. The van der Waals surface area contributed by atoms with Crippen molar-refractivity contribution >= 4 is 23.1 Å². The van der Waals surface area contributed by atoms with Crippen LogP contribution >= 0.6 is 12.2 Å². The summed E-state index contributed by atoms with van der Waals surface area (Å²) in [4.78, 5) is 4.33. The zero-order valence-electron chi connectivity index (χ0n) is 14.3. The Morgan fingerprint density at radius 1 is 1.12 bits per heavy atom. The fraction of sp³-hybridized carbons (Fsp3) is 0.333. The van der Waals surface area contributed by atoms with Gasteiger partial charge in [-0.25, -0.2) is 4.98 Å². The number of benzene rings is 1. The third kappa shape index (κ3) is 4.58. The number of nitrogens with zero attached hydrogens (tertiary/aromatic N) is 1. The van der Waals surface area contributed by atoms with Gasteiger partial charge >= 0.3 is 0 Å². The molecule has 1 heterocycles. The quantitative estimate of drug-likeness (QED) is 0.752. The summed E-state index contributed by atoms with van der Waals surface area (Å²) in [6, 6.07) is 9.73. The van der Waals surface area contributed by atoms with Gasteiger partial charge in [0.2, 0.25) is 0 Å². The zero-order chi connectivity index (χ0) is 17.4. The predicted molar refractivity (Wildman–Crippen MR) is 101 cm³/mol. The van der Waals surface area contributed by atoms with Gasteiger partial charge in [-0.15, -0.1) is 0 Å². The van der Waals surface area contributed by atoms with Crippen LogP contribution in [0.15, 0.2) is 36.5 Å². The number of hydrogen-bond donors (Lipinski definition) is 2. The Morgan fingerprint density at radius 2 is 1.83 bits per heavy atom. The molecule has 0 aliphatic rings. The molecule has 1 aromatic carbocycles. The minimum absolute atomic E-state index is 0.553. The van der Waals surface area contributed by atoms with Gasteiger partial charge in [-0.2, -0.15) is 0 Å². The molecule has 128 valence electrons. The van der Waals surface area contributed by atoms with E-state index in [0.29, 0.717) is 11.7 Å². The zero-order valence-corrected chi connectivity index (χ0v) is 15.1. The number of methoxy groups -OCH3 is 2. The summed E-state index contributed by atoms with van der Waals surface area (Å²) in [6.45, 7) is 2.75. The number of aromatic nitrogens is 1. The minimum Gasteiger partial charge on any atom is -0.496 e. The second-order valence-electron chi connectivity index (χ2n) is 5.14. The molecule has 0 aliphatic heterocycles. The molecule has 1 aromatic heterocycles. The normalized spacial score (nSPS) is 10.1. The maximum absolute atomic E-state index is 5.41. The standard InChI is InChI=1S/C18H23N3O2S/c1-4-13-7-6-11-19-17(13)21-18(24)20-12-10-14-15(22-2)8-5-9-16(14)23-3/h5-9,11H,4,10,12H2,1-3H3,(H2,19,20,21,24). The van der Waals surface area contributed by atoms with Crippen molar-refractivity contribution in [3.05, 3.63) is 47.7 Å². The van der Waals surface area contributed by atoms with Crippen molar-refractivity contribution < 1.29 is 9.47 Å². The van der Waals surface area contributed by atoms with Gasteiger partial charge in [0, 0.05) is 18.3 Å². The van der Waals surface area contributed by atoms with Crippen LogP contribution in [0.3, 0.4) is 0 Å². The third-order valence-electron chi connectivity index (χ3n) is 3.69. The average molecular weight is 345 g/mol. The van der Waals surface area contributed by atoms with Gasteiger partial charge in [0.25, 0.3) is 0 Å². The lowest BCUT2D eigenvalue weighted by atomic mass is 10.1. The molecular weight excluding hydrogens is 322 g/mol. The highest BCUT2D eigenvalue weighted by atomic mass is 32.1. The highest BCUT2D eigenvalue weighted by Crippen LogP contribution is 2.28. The van der Waals surface area contributed by atoms with Crippen molar-refractivity contribution in [1.29, 1.82) is 0 Å². The lowest BCUT2D eigenvalue weighted by Crippen LogP contribution is -2.31. The van der Waals surface area contributed by atoms with Crippen LogP contribution in [0.1, 0.15) is 18.1 Å². The Bertz CT molecular complexity index is 669. The number of rotatable bonds is 7. The van der Waals surface area contributed by atoms with Crippen molar-refractivity contribution in [3.63, 3.8) is 0 Å². The van der Waals surface area contributed by atoms with Crippen molar-refractivity contribution in [1.82, 2.24) is 10.3 Å². The van der Waals surface area contributed by atoms with Gasteiger partial charge in [0.05, 0.1) is 14.2 Å². The molecule has 24 heavy (non-hydrogen) atoms. The maximum atomic E-state index is 5.41. The van der Waals surface area contributed by atoms with Gasteiger partial charge < -0.3 is 20.1 Å². The van der Waals surface area contributed by atoms with Crippen LogP contribution < -0.4 is 20.1 Å². The summed E-state index contributed by atoms with van der Waals surface area (Å²) in [5, 5.41) is 6.91. The third-order valence-corrected chi connectivity index (χ3v) is 3.94. The van der Waals surface area contributed by atoms with Crippen LogP contribution in [0.4, 0.5) is 5.82 Å². The molecule has 0 atom stereocenters. The highest BCUT2D eigenvalue weighted by Gasteiger charge is 2.10. The van der Waals surface area contributed by atoms with Crippen molar-refractivity contribution in [2.75, 3.05) is 26.1 Å². The summed E-state index contributed by atoms with van der Waals surface area (Å²) in [5.74, 6) is 2.42. The molecule has 0 aliphatic carbocycles. The molecule has 5 nitrogen and oxygen atoms in total. The maximum Gasteiger partial charge on any atom is 0.171 e. The van der Waals surface area contributed by atoms with E-state index in [0.717, 1.165) is 41.3 Å². The summed E-state index contributed by atoms with van der Waals surface area (Å²) >= 11 is 5.36. The summed E-state index contributed by atoms with van der Waals surface area (Å²) in [7, 11) is 3.32. The molecule has 0 radical (unpaired) electrons. The molecule has 0 saturated carbocycles. The van der Waals surface area contributed by atoms with Crippen molar-refractivity contribution in [2.24, 2.45) is 0 Å². The predicted octanol–water partition coefficient (Wildman–Crippen LogP) is 3.19. The topological polar surface area (TPSA) is 55.4 Å². The summed E-state index contributed by atoms with van der Waals surface area (Å²) in [6.07, 6.45) is 3.39. The van der Waals surface area contributed by atoms with E-state index >= 15 is 0 Å². The summed E-state index contributed by atoms with van der Waals surface area (Å²) in [5.41, 5.74) is 2.15. The number of anilines is 1. The number of thiocarbonyl (C=S) groups is 1. The van der Waals surface area contributed by atoms with Gasteiger partial charge in [-0.3, -0.25) is 0 Å². The van der Waals surface area contributed by atoms with E-state index in [9.17, 15) is 0 Å². The monoisotopic (exact) mass is 345 g/mol. The van der Waals surface area contributed by atoms with E-state index in [2.05, 4.69) is 22.5 Å². The van der Waals surface area contributed by atoms with E-state index < -0.39 is 0 Å². The lowest BCUT2D eigenvalue weighted by molar-refractivity contribution is 0.385. The van der Waals surface area contributed by atoms with Crippen LogP contribution in [0.5, 0.6) is 11.5 Å². The van der Waals surface area contributed by atoms with E-state index in [1.165, 1.54) is 0 Å². The first-order chi connectivity index (χ1) is 11.7. The fourth-order valence-corrected chi connectivity index (χ4v) is 2.66. The smallest absolute Gasteiger partial charge is 0.171 e. The molecule has 0 amide bonds. The van der Waals surface area contributed by atoms with E-state index in [1.54, 1.807) is 20.4 Å². The number of ether oxygens (including phenoxy) is 2. The van der Waals surface area contributed by atoms with Crippen LogP contribution in [0.25, 0.3) is 0 Å². The Labute approximate surface area is 148 Å². The van der Waals surface area contributed by atoms with Crippen LogP contribution in [0.2, 0.25) is 0 Å². The first kappa shape index (κ1) is 18.0. The van der Waals surface area contributed by atoms with Crippen molar-refractivity contribution in [2.45, 2.75) is 19.8 Å². The fourth-order valence-electron chi connectivity index (χ4n) is 2.46. The average Bonchev–Trinajstić information content (AvgIpc) is 2.62. The molecule has 0 unspecified atom stereocenters. The van der Waals surface area contributed by atoms with E-state index in [-0.39, 0.29) is 0 Å². The molecule has 0 spiro atoms. The molecule has 2 N–H and O–H groups in total. The van der Waals surface area contributed by atoms with E-state index in [1.807, 2.05) is 30.3 Å². The molecule has 6 heteroatoms. The Kier molecular flexibility index (Phi) is 6.81. The Morgan fingerprint density at radius 3 is 2.46 bits per heavy atom. The Balaban J connectivity index is 1.94. The number of nitrogens with one attached hydrogen (secondary N) is 2. The van der Waals surface area contributed by atoms with Gasteiger partial charge in [-0.1, -0.05) is 19.1 Å². The molecule has 2 rings (SSSR count). The largest absolute Gasteiger partial charge is 0.496 e. The van der Waals surface area contributed by atoms with Gasteiger partial charge in [-0.05, 0) is 48.8 Å². The number of pyridine rings is 1. The lowest BCUT2D eigenvalue weighted by Gasteiger charge is -2.15. The highest BCUT2D eigenvalue weighted by molar-refractivity contribution is 7.80. The number of hydrogen-bond acceptors (Lipinski definition) is 4. The molecule has 0 fully saturated rings. The molecule has 2 aromatic rings. The van der Waals surface area contributed by atoms with Crippen LogP contribution in [-0.4, -0.2) is 30.9 Å².